The number of rotatable bonds is 4. The van der Waals surface area contributed by atoms with Gasteiger partial charge in [0.15, 0.2) is 5.78 Å². The summed E-state index contributed by atoms with van der Waals surface area (Å²) < 4.78 is 4.52. The van der Waals surface area contributed by atoms with Gasteiger partial charge >= 0.3 is 5.97 Å². The predicted molar refractivity (Wildman–Crippen MR) is 58.2 cm³/mol. The van der Waals surface area contributed by atoms with E-state index in [0.717, 1.165) is 4.88 Å². The van der Waals surface area contributed by atoms with E-state index in [0.29, 0.717) is 10.2 Å². The SMILES string of the molecule is COC(=O)Cc1ccc(C(=O)CBr)s1. The molecule has 0 aliphatic carbocycles. The number of alkyl halides is 1. The Kier molecular flexibility index (Phi) is 4.28. The van der Waals surface area contributed by atoms with E-state index < -0.39 is 0 Å². The molecule has 0 fully saturated rings. The van der Waals surface area contributed by atoms with Gasteiger partial charge in [0.2, 0.25) is 0 Å². The summed E-state index contributed by atoms with van der Waals surface area (Å²) in [5.41, 5.74) is 0. The van der Waals surface area contributed by atoms with Crippen LogP contribution in [0.5, 0.6) is 0 Å². The maximum atomic E-state index is 11.2. The number of hydrogen-bond donors (Lipinski definition) is 0. The zero-order valence-corrected chi connectivity index (χ0v) is 9.98. The largest absolute Gasteiger partial charge is 0.469 e. The van der Waals surface area contributed by atoms with Gasteiger partial charge in [0.05, 0.1) is 23.7 Å². The van der Waals surface area contributed by atoms with Gasteiger partial charge in [-0.3, -0.25) is 9.59 Å². The van der Waals surface area contributed by atoms with Gasteiger partial charge in [0.25, 0.3) is 0 Å². The van der Waals surface area contributed by atoms with Crippen molar-refractivity contribution < 1.29 is 14.3 Å². The number of methoxy groups -OCH3 is 1. The molecule has 0 saturated carbocycles. The highest BCUT2D eigenvalue weighted by Crippen LogP contribution is 2.18. The number of carbonyl (C=O) groups excluding carboxylic acids is 2. The number of esters is 1. The summed E-state index contributed by atoms with van der Waals surface area (Å²) in [7, 11) is 1.35. The number of hydrogen-bond acceptors (Lipinski definition) is 4. The molecule has 0 unspecified atom stereocenters. The Morgan fingerprint density at radius 1 is 1.50 bits per heavy atom. The quantitative estimate of drug-likeness (QED) is 0.480. The van der Waals surface area contributed by atoms with Gasteiger partial charge in [-0.2, -0.15) is 0 Å². The van der Waals surface area contributed by atoms with Crippen molar-refractivity contribution in [2.75, 3.05) is 12.4 Å². The molecular formula is C9H9BrO3S. The van der Waals surface area contributed by atoms with Gasteiger partial charge in [-0.05, 0) is 12.1 Å². The number of carbonyl (C=O) groups is 2. The van der Waals surface area contributed by atoms with E-state index in [2.05, 4.69) is 20.7 Å². The Bertz CT molecular complexity index is 346. The molecule has 14 heavy (non-hydrogen) atoms. The van der Waals surface area contributed by atoms with E-state index in [1.165, 1.54) is 18.4 Å². The molecule has 0 atom stereocenters. The smallest absolute Gasteiger partial charge is 0.310 e. The fraction of sp³-hybridized carbons (Fsp3) is 0.333. The summed E-state index contributed by atoms with van der Waals surface area (Å²) in [6, 6.07) is 3.50. The summed E-state index contributed by atoms with van der Waals surface area (Å²) in [6.07, 6.45) is 0.233. The van der Waals surface area contributed by atoms with E-state index in [9.17, 15) is 9.59 Å². The zero-order chi connectivity index (χ0) is 10.6. The van der Waals surface area contributed by atoms with Gasteiger partial charge in [0.1, 0.15) is 0 Å². The number of Topliss-reactive ketones (excluding diaryl/α,β-unsaturated/α-hetero) is 1. The molecule has 0 aliphatic rings. The molecule has 5 heteroatoms. The molecule has 0 amide bonds. The zero-order valence-electron chi connectivity index (χ0n) is 7.58. The summed E-state index contributed by atoms with van der Waals surface area (Å²) in [6.45, 7) is 0. The summed E-state index contributed by atoms with van der Waals surface area (Å²) in [5, 5.41) is 0.311. The number of ether oxygens (including phenoxy) is 1. The minimum atomic E-state index is -0.287. The van der Waals surface area contributed by atoms with Crippen LogP contribution < -0.4 is 0 Å². The highest BCUT2D eigenvalue weighted by atomic mass is 79.9. The molecule has 0 aliphatic heterocycles. The first-order valence-electron chi connectivity index (χ1n) is 3.92. The molecule has 76 valence electrons. The third kappa shape index (κ3) is 2.92. The van der Waals surface area contributed by atoms with Crippen molar-refractivity contribution in [2.45, 2.75) is 6.42 Å². The predicted octanol–water partition coefficient (Wildman–Crippen LogP) is 2.04. The molecule has 0 aromatic carbocycles. The van der Waals surface area contributed by atoms with Crippen LogP contribution in [0.15, 0.2) is 12.1 Å². The molecule has 0 radical (unpaired) electrons. The van der Waals surface area contributed by atoms with E-state index in [1.54, 1.807) is 12.1 Å². The maximum Gasteiger partial charge on any atom is 0.310 e. The van der Waals surface area contributed by atoms with E-state index in [-0.39, 0.29) is 18.2 Å². The van der Waals surface area contributed by atoms with Crippen LogP contribution in [0.4, 0.5) is 0 Å². The Balaban J connectivity index is 2.68. The van der Waals surface area contributed by atoms with Crippen molar-refractivity contribution in [2.24, 2.45) is 0 Å². The lowest BCUT2D eigenvalue weighted by Crippen LogP contribution is -2.02. The third-order valence-electron chi connectivity index (χ3n) is 1.60. The number of thiophene rings is 1. The Morgan fingerprint density at radius 2 is 2.21 bits per heavy atom. The molecule has 0 bridgehead atoms. The minimum Gasteiger partial charge on any atom is -0.469 e. The van der Waals surface area contributed by atoms with Crippen molar-refractivity contribution in [3.05, 3.63) is 21.9 Å². The van der Waals surface area contributed by atoms with Crippen LogP contribution in [0.3, 0.4) is 0 Å². The summed E-state index contributed by atoms with van der Waals surface area (Å²) >= 11 is 4.42. The number of halogens is 1. The van der Waals surface area contributed by atoms with Gasteiger partial charge in [0, 0.05) is 4.88 Å². The lowest BCUT2D eigenvalue weighted by atomic mass is 10.3. The second kappa shape index (κ2) is 5.26. The molecule has 0 N–H and O–H groups in total. The highest BCUT2D eigenvalue weighted by Gasteiger charge is 2.10. The van der Waals surface area contributed by atoms with Crippen molar-refractivity contribution >= 4 is 39.0 Å². The van der Waals surface area contributed by atoms with Crippen LogP contribution in [0.2, 0.25) is 0 Å². The van der Waals surface area contributed by atoms with Crippen molar-refractivity contribution in [1.29, 1.82) is 0 Å². The lowest BCUT2D eigenvalue weighted by Gasteiger charge is -1.94. The fourth-order valence-electron chi connectivity index (χ4n) is 0.903. The van der Waals surface area contributed by atoms with Crippen LogP contribution in [0, 0.1) is 0 Å². The van der Waals surface area contributed by atoms with Crippen LogP contribution in [0.25, 0.3) is 0 Å². The van der Waals surface area contributed by atoms with E-state index in [4.69, 9.17) is 0 Å². The standard InChI is InChI=1S/C9H9BrO3S/c1-13-9(12)4-6-2-3-8(14-6)7(11)5-10/h2-3H,4-5H2,1H3. The Hall–Kier alpha value is -0.680. The van der Waals surface area contributed by atoms with Gasteiger partial charge in [-0.25, -0.2) is 0 Å². The second-order valence-corrected chi connectivity index (χ2v) is 4.30. The van der Waals surface area contributed by atoms with E-state index >= 15 is 0 Å². The highest BCUT2D eigenvalue weighted by molar-refractivity contribution is 9.09. The maximum absolute atomic E-state index is 11.2. The summed E-state index contributed by atoms with van der Waals surface area (Å²) in [5.74, 6) is -0.254. The normalized spacial score (nSPS) is 9.86. The van der Waals surface area contributed by atoms with Crippen molar-refractivity contribution in [3.63, 3.8) is 0 Å². The second-order valence-electron chi connectivity index (χ2n) is 2.58. The molecule has 1 aromatic heterocycles. The first kappa shape index (κ1) is 11.4. The molecular weight excluding hydrogens is 268 g/mol. The van der Waals surface area contributed by atoms with Crippen LogP contribution in [0.1, 0.15) is 14.5 Å². The van der Waals surface area contributed by atoms with Gasteiger partial charge in [-0.15, -0.1) is 11.3 Å². The Morgan fingerprint density at radius 3 is 2.79 bits per heavy atom. The molecule has 0 spiro atoms. The summed E-state index contributed by atoms with van der Waals surface area (Å²) in [4.78, 5) is 23.7. The number of ketones is 1. The van der Waals surface area contributed by atoms with Crippen LogP contribution in [-0.2, 0) is 16.0 Å². The molecule has 1 heterocycles. The fourth-order valence-corrected chi connectivity index (χ4v) is 2.32. The first-order chi connectivity index (χ1) is 6.67. The minimum absolute atomic E-state index is 0.0334. The van der Waals surface area contributed by atoms with E-state index in [1.807, 2.05) is 0 Å². The van der Waals surface area contributed by atoms with Gasteiger partial charge < -0.3 is 4.74 Å². The first-order valence-corrected chi connectivity index (χ1v) is 5.86. The monoisotopic (exact) mass is 276 g/mol. The molecule has 1 rings (SSSR count). The Labute approximate surface area is 94.2 Å². The van der Waals surface area contributed by atoms with Crippen molar-refractivity contribution in [1.82, 2.24) is 0 Å². The topological polar surface area (TPSA) is 43.4 Å². The molecule has 1 aromatic rings. The average Bonchev–Trinajstić information content (AvgIpc) is 2.65. The molecule has 0 saturated heterocycles. The van der Waals surface area contributed by atoms with Crippen LogP contribution in [-0.4, -0.2) is 24.2 Å². The third-order valence-corrected chi connectivity index (χ3v) is 3.24. The lowest BCUT2D eigenvalue weighted by molar-refractivity contribution is -0.139. The van der Waals surface area contributed by atoms with Crippen LogP contribution >= 0.6 is 27.3 Å². The average molecular weight is 277 g/mol. The molecule has 3 nitrogen and oxygen atoms in total. The van der Waals surface area contributed by atoms with Crippen molar-refractivity contribution in [3.8, 4) is 0 Å². The van der Waals surface area contributed by atoms with Gasteiger partial charge in [-0.1, -0.05) is 15.9 Å².